The molecule has 1 amide bonds. The van der Waals surface area contributed by atoms with E-state index in [1.807, 2.05) is 26.8 Å². The van der Waals surface area contributed by atoms with Gasteiger partial charge in [0.05, 0.1) is 11.0 Å². The summed E-state index contributed by atoms with van der Waals surface area (Å²) in [5, 5.41) is 9.09. The maximum Gasteiger partial charge on any atom is 0.232 e. The molecular weight excluding hydrogens is 228 g/mol. The molecule has 2 atom stereocenters. The summed E-state index contributed by atoms with van der Waals surface area (Å²) in [6.45, 7) is 6.22. The molecule has 4 heteroatoms. The standard InChI is InChI=1S/C14H18N2O2/c1-13(2)10-5-6-16(4)12(18)14(10,3)7-9(8-15)11(13)17/h7,10H,5-6H2,1-4H3/t10-,14-/m0/s1. The highest BCUT2D eigenvalue weighted by molar-refractivity contribution is 6.06. The zero-order chi connectivity index (χ0) is 13.7. The molecule has 18 heavy (non-hydrogen) atoms. The lowest BCUT2D eigenvalue weighted by Crippen LogP contribution is -2.57. The van der Waals surface area contributed by atoms with Crippen LogP contribution in [0.4, 0.5) is 0 Å². The van der Waals surface area contributed by atoms with Crippen LogP contribution >= 0.6 is 0 Å². The number of ketones is 1. The molecule has 2 rings (SSSR count). The molecule has 1 aliphatic heterocycles. The number of amides is 1. The van der Waals surface area contributed by atoms with E-state index in [1.54, 1.807) is 18.0 Å². The molecule has 0 aromatic rings. The molecule has 1 aliphatic carbocycles. The number of nitrogens with zero attached hydrogens (tertiary/aromatic N) is 2. The minimum absolute atomic E-state index is 0.00655. The fraction of sp³-hybridized carbons (Fsp3) is 0.643. The van der Waals surface area contributed by atoms with Gasteiger partial charge in [0.15, 0.2) is 5.78 Å². The molecule has 0 radical (unpaired) electrons. The molecular formula is C14H18N2O2. The minimum atomic E-state index is -0.727. The Labute approximate surface area is 107 Å². The van der Waals surface area contributed by atoms with Crippen molar-refractivity contribution in [3.8, 4) is 6.07 Å². The van der Waals surface area contributed by atoms with Crippen molar-refractivity contribution >= 4 is 11.7 Å². The van der Waals surface area contributed by atoms with Crippen LogP contribution in [0.1, 0.15) is 27.2 Å². The van der Waals surface area contributed by atoms with Crippen LogP contribution in [0.15, 0.2) is 11.6 Å². The lowest BCUT2D eigenvalue weighted by atomic mass is 9.54. The molecule has 1 heterocycles. The number of fused-ring (bicyclic) bond motifs is 1. The van der Waals surface area contributed by atoms with Gasteiger partial charge in [0.2, 0.25) is 5.91 Å². The Kier molecular flexibility index (Phi) is 2.62. The molecule has 0 N–H and O–H groups in total. The third-order valence-corrected chi connectivity index (χ3v) is 4.55. The smallest absolute Gasteiger partial charge is 0.232 e. The van der Waals surface area contributed by atoms with E-state index < -0.39 is 10.8 Å². The van der Waals surface area contributed by atoms with E-state index in [0.29, 0.717) is 6.54 Å². The van der Waals surface area contributed by atoms with Crippen molar-refractivity contribution in [1.82, 2.24) is 4.90 Å². The Bertz CT molecular complexity index is 498. The first-order valence-electron chi connectivity index (χ1n) is 6.18. The van der Waals surface area contributed by atoms with Crippen LogP contribution in [0.25, 0.3) is 0 Å². The molecule has 0 saturated carbocycles. The van der Waals surface area contributed by atoms with Crippen LogP contribution < -0.4 is 0 Å². The highest BCUT2D eigenvalue weighted by Crippen LogP contribution is 2.52. The molecule has 0 aromatic carbocycles. The predicted octanol–water partition coefficient (Wildman–Crippen LogP) is 1.53. The molecule has 1 fully saturated rings. The second-order valence-corrected chi connectivity index (χ2v) is 6.07. The van der Waals surface area contributed by atoms with E-state index in [-0.39, 0.29) is 23.2 Å². The molecule has 0 unspecified atom stereocenters. The van der Waals surface area contributed by atoms with Gasteiger partial charge in [-0.1, -0.05) is 13.8 Å². The zero-order valence-electron chi connectivity index (χ0n) is 11.3. The lowest BCUT2D eigenvalue weighted by molar-refractivity contribution is -0.152. The number of carbonyl (C=O) groups excluding carboxylic acids is 2. The van der Waals surface area contributed by atoms with E-state index in [0.717, 1.165) is 6.42 Å². The Morgan fingerprint density at radius 3 is 2.56 bits per heavy atom. The molecule has 0 bridgehead atoms. The summed E-state index contributed by atoms with van der Waals surface area (Å²) >= 11 is 0. The fourth-order valence-corrected chi connectivity index (χ4v) is 3.51. The summed E-state index contributed by atoms with van der Waals surface area (Å²) in [6, 6.07) is 1.94. The van der Waals surface area contributed by atoms with Crippen LogP contribution in [0.2, 0.25) is 0 Å². The summed E-state index contributed by atoms with van der Waals surface area (Å²) in [5.41, 5.74) is -1.25. The first kappa shape index (κ1) is 12.8. The van der Waals surface area contributed by atoms with Gasteiger partial charge in [0.25, 0.3) is 0 Å². The van der Waals surface area contributed by atoms with Crippen LogP contribution in [-0.2, 0) is 9.59 Å². The minimum Gasteiger partial charge on any atom is -0.345 e. The second-order valence-electron chi connectivity index (χ2n) is 6.07. The van der Waals surface area contributed by atoms with Crippen LogP contribution in [0.3, 0.4) is 0 Å². The predicted molar refractivity (Wildman–Crippen MR) is 66.3 cm³/mol. The van der Waals surface area contributed by atoms with Gasteiger partial charge in [-0.15, -0.1) is 0 Å². The number of carbonyl (C=O) groups is 2. The maximum atomic E-state index is 12.4. The molecule has 0 aromatic heterocycles. The number of hydrogen-bond acceptors (Lipinski definition) is 3. The van der Waals surface area contributed by atoms with Gasteiger partial charge in [-0.2, -0.15) is 5.26 Å². The largest absolute Gasteiger partial charge is 0.345 e. The number of allylic oxidation sites excluding steroid dienone is 1. The highest BCUT2D eigenvalue weighted by Gasteiger charge is 2.56. The molecule has 2 aliphatic rings. The molecule has 1 saturated heterocycles. The second kappa shape index (κ2) is 3.68. The first-order valence-corrected chi connectivity index (χ1v) is 6.18. The van der Waals surface area contributed by atoms with E-state index in [2.05, 4.69) is 0 Å². The van der Waals surface area contributed by atoms with Gasteiger partial charge >= 0.3 is 0 Å². The average molecular weight is 246 g/mol. The Morgan fingerprint density at radius 1 is 1.39 bits per heavy atom. The van der Waals surface area contributed by atoms with Crippen molar-refractivity contribution in [2.45, 2.75) is 27.2 Å². The van der Waals surface area contributed by atoms with Gasteiger partial charge in [0.1, 0.15) is 6.07 Å². The van der Waals surface area contributed by atoms with Gasteiger partial charge in [0, 0.05) is 19.0 Å². The van der Waals surface area contributed by atoms with Crippen LogP contribution in [-0.4, -0.2) is 30.2 Å². The monoisotopic (exact) mass is 246 g/mol. The number of likely N-dealkylation sites (tertiary alicyclic amines) is 1. The summed E-state index contributed by atoms with van der Waals surface area (Å²) in [7, 11) is 1.77. The number of Topliss-reactive ketones (excluding diaryl/α,β-unsaturated/α-hetero) is 1. The summed E-state index contributed by atoms with van der Waals surface area (Å²) in [5.74, 6) is -0.157. The third-order valence-electron chi connectivity index (χ3n) is 4.55. The highest BCUT2D eigenvalue weighted by atomic mass is 16.2. The van der Waals surface area contributed by atoms with E-state index in [1.165, 1.54) is 0 Å². The normalized spacial score (nSPS) is 34.7. The Hall–Kier alpha value is -1.63. The van der Waals surface area contributed by atoms with E-state index >= 15 is 0 Å². The van der Waals surface area contributed by atoms with Gasteiger partial charge in [-0.05, 0) is 25.3 Å². The third kappa shape index (κ3) is 1.43. The Balaban J connectivity index is 2.62. The lowest BCUT2D eigenvalue weighted by Gasteiger charge is -2.51. The number of piperidine rings is 1. The van der Waals surface area contributed by atoms with Crippen molar-refractivity contribution in [2.75, 3.05) is 13.6 Å². The Morgan fingerprint density at radius 2 is 2.00 bits per heavy atom. The number of hydrogen-bond donors (Lipinski definition) is 0. The quantitative estimate of drug-likeness (QED) is 0.651. The molecule has 4 nitrogen and oxygen atoms in total. The van der Waals surface area contributed by atoms with Crippen LogP contribution in [0, 0.1) is 28.1 Å². The van der Waals surface area contributed by atoms with Gasteiger partial charge in [-0.3, -0.25) is 9.59 Å². The SMILES string of the molecule is CN1CC[C@H]2C(C)(C)C(=O)C(C#N)=C[C@]2(C)C1=O. The molecule has 96 valence electrons. The van der Waals surface area contributed by atoms with E-state index in [9.17, 15) is 9.59 Å². The summed E-state index contributed by atoms with van der Waals surface area (Å²) in [6.07, 6.45) is 2.38. The number of rotatable bonds is 0. The fourth-order valence-electron chi connectivity index (χ4n) is 3.51. The average Bonchev–Trinajstić information content (AvgIpc) is 2.31. The zero-order valence-corrected chi connectivity index (χ0v) is 11.3. The van der Waals surface area contributed by atoms with Crippen molar-refractivity contribution < 1.29 is 9.59 Å². The van der Waals surface area contributed by atoms with Crippen molar-refractivity contribution in [3.05, 3.63) is 11.6 Å². The number of nitriles is 1. The van der Waals surface area contributed by atoms with Crippen molar-refractivity contribution in [3.63, 3.8) is 0 Å². The van der Waals surface area contributed by atoms with Gasteiger partial charge < -0.3 is 4.90 Å². The van der Waals surface area contributed by atoms with Crippen molar-refractivity contribution in [1.29, 1.82) is 5.26 Å². The van der Waals surface area contributed by atoms with Gasteiger partial charge in [-0.25, -0.2) is 0 Å². The summed E-state index contributed by atoms with van der Waals surface area (Å²) < 4.78 is 0. The summed E-state index contributed by atoms with van der Waals surface area (Å²) in [4.78, 5) is 26.3. The van der Waals surface area contributed by atoms with Crippen molar-refractivity contribution in [2.24, 2.45) is 16.7 Å². The maximum absolute atomic E-state index is 12.4. The van der Waals surface area contributed by atoms with E-state index in [4.69, 9.17) is 5.26 Å². The molecule has 0 spiro atoms. The topological polar surface area (TPSA) is 61.2 Å². The van der Waals surface area contributed by atoms with Crippen LogP contribution in [0.5, 0.6) is 0 Å². The first-order chi connectivity index (χ1) is 8.25.